The Bertz CT molecular complexity index is 1410. The van der Waals surface area contributed by atoms with Gasteiger partial charge >= 0.3 is 0 Å². The number of para-hydroxylation sites is 1. The predicted octanol–water partition coefficient (Wildman–Crippen LogP) is 6.52. The van der Waals surface area contributed by atoms with E-state index in [0.29, 0.717) is 33.0 Å². The van der Waals surface area contributed by atoms with Gasteiger partial charge < -0.3 is 10.6 Å². The molecule has 4 aromatic carbocycles. The molecular weight excluding hydrogens is 442 g/mol. The summed E-state index contributed by atoms with van der Waals surface area (Å²) in [6, 6.07) is 31.0. The Morgan fingerprint density at radius 3 is 2.15 bits per heavy atom. The molecule has 0 saturated carbocycles. The Hall–Kier alpha value is -4.34. The molecule has 0 aliphatic rings. The van der Waals surface area contributed by atoms with Gasteiger partial charge in [-0.3, -0.25) is 9.59 Å². The van der Waals surface area contributed by atoms with Gasteiger partial charge in [-0.15, -0.1) is 0 Å². The van der Waals surface area contributed by atoms with Crippen molar-refractivity contribution >= 4 is 35.0 Å². The topological polar surface area (TPSA) is 82.0 Å². The van der Waals surface area contributed by atoms with Crippen LogP contribution in [0.4, 0.5) is 11.4 Å². The molecular formula is C28H21N3O2S. The van der Waals surface area contributed by atoms with Gasteiger partial charge in [-0.1, -0.05) is 60.3 Å². The number of nitrogens with one attached hydrogen (secondary N) is 2. The van der Waals surface area contributed by atoms with Crippen molar-refractivity contribution in [3.05, 3.63) is 119 Å². The molecule has 0 unspecified atom stereocenters. The van der Waals surface area contributed by atoms with Crippen molar-refractivity contribution in [1.82, 2.24) is 0 Å². The van der Waals surface area contributed by atoms with Crippen LogP contribution in [0, 0.1) is 18.3 Å². The van der Waals surface area contributed by atoms with Gasteiger partial charge in [-0.05, 0) is 61.0 Å². The Morgan fingerprint density at radius 1 is 0.735 bits per heavy atom. The van der Waals surface area contributed by atoms with Crippen molar-refractivity contribution in [3.8, 4) is 6.07 Å². The fraction of sp³-hybridized carbons (Fsp3) is 0.0357. The van der Waals surface area contributed by atoms with Crippen LogP contribution < -0.4 is 10.6 Å². The van der Waals surface area contributed by atoms with Gasteiger partial charge in [0.25, 0.3) is 11.8 Å². The summed E-state index contributed by atoms with van der Waals surface area (Å²) in [4.78, 5) is 27.7. The van der Waals surface area contributed by atoms with Crippen LogP contribution >= 0.6 is 11.8 Å². The fourth-order valence-electron chi connectivity index (χ4n) is 3.41. The number of hydrogen-bond acceptors (Lipinski definition) is 4. The molecule has 4 aromatic rings. The molecule has 0 atom stereocenters. The zero-order valence-electron chi connectivity index (χ0n) is 18.4. The van der Waals surface area contributed by atoms with Crippen LogP contribution in [0.3, 0.4) is 0 Å². The van der Waals surface area contributed by atoms with E-state index in [4.69, 9.17) is 0 Å². The Kier molecular flexibility index (Phi) is 7.07. The first-order chi connectivity index (χ1) is 16.5. The molecule has 34 heavy (non-hydrogen) atoms. The number of benzene rings is 4. The number of amides is 2. The van der Waals surface area contributed by atoms with Gasteiger partial charge in [0.2, 0.25) is 0 Å². The normalized spacial score (nSPS) is 10.2. The van der Waals surface area contributed by atoms with Crippen molar-refractivity contribution < 1.29 is 9.59 Å². The lowest BCUT2D eigenvalue weighted by Gasteiger charge is -2.14. The maximum atomic E-state index is 13.2. The predicted molar refractivity (Wildman–Crippen MR) is 135 cm³/mol. The van der Waals surface area contributed by atoms with Crippen LogP contribution in [0.25, 0.3) is 0 Å². The highest BCUT2D eigenvalue weighted by molar-refractivity contribution is 7.99. The monoisotopic (exact) mass is 463 g/mol. The molecule has 0 radical (unpaired) electrons. The van der Waals surface area contributed by atoms with Crippen molar-refractivity contribution in [3.63, 3.8) is 0 Å². The van der Waals surface area contributed by atoms with Gasteiger partial charge in [0, 0.05) is 15.5 Å². The second-order valence-electron chi connectivity index (χ2n) is 7.53. The highest BCUT2D eigenvalue weighted by atomic mass is 32.2. The maximum absolute atomic E-state index is 13.2. The molecule has 0 saturated heterocycles. The average molecular weight is 464 g/mol. The average Bonchev–Trinajstić information content (AvgIpc) is 2.85. The smallest absolute Gasteiger partial charge is 0.257 e. The molecule has 0 aromatic heterocycles. The van der Waals surface area contributed by atoms with Crippen molar-refractivity contribution in [1.29, 1.82) is 5.26 Å². The van der Waals surface area contributed by atoms with Gasteiger partial charge in [-0.2, -0.15) is 5.26 Å². The molecule has 5 nitrogen and oxygen atoms in total. The van der Waals surface area contributed by atoms with E-state index in [9.17, 15) is 14.9 Å². The van der Waals surface area contributed by atoms with Crippen molar-refractivity contribution in [2.24, 2.45) is 0 Å². The summed E-state index contributed by atoms with van der Waals surface area (Å²) in [6.07, 6.45) is 0. The van der Waals surface area contributed by atoms with E-state index in [1.54, 1.807) is 48.5 Å². The first-order valence-electron chi connectivity index (χ1n) is 10.6. The number of carbonyl (C=O) groups is 2. The number of nitriles is 1. The van der Waals surface area contributed by atoms with Crippen LogP contribution in [0.15, 0.2) is 107 Å². The summed E-state index contributed by atoms with van der Waals surface area (Å²) < 4.78 is 0. The maximum Gasteiger partial charge on any atom is 0.257 e. The summed E-state index contributed by atoms with van der Waals surface area (Å²) in [7, 11) is 0. The second kappa shape index (κ2) is 10.5. The summed E-state index contributed by atoms with van der Waals surface area (Å²) in [5.41, 5.74) is 3.48. The van der Waals surface area contributed by atoms with E-state index in [2.05, 4.69) is 16.7 Å². The summed E-state index contributed by atoms with van der Waals surface area (Å²) in [5, 5.41) is 15.2. The minimum absolute atomic E-state index is 0.313. The zero-order chi connectivity index (χ0) is 23.9. The quantitative estimate of drug-likeness (QED) is 0.341. The molecule has 6 heteroatoms. The molecule has 0 fully saturated rings. The van der Waals surface area contributed by atoms with Crippen molar-refractivity contribution in [2.45, 2.75) is 16.7 Å². The SMILES string of the molecule is Cc1cccc(NC(=O)c2ccccc2NC(=O)c2ccccc2Sc2ccccc2C#N)c1. The number of hydrogen-bond donors (Lipinski definition) is 2. The zero-order valence-corrected chi connectivity index (χ0v) is 19.2. The highest BCUT2D eigenvalue weighted by Crippen LogP contribution is 2.33. The molecule has 0 bridgehead atoms. The van der Waals surface area contributed by atoms with E-state index in [1.165, 1.54) is 11.8 Å². The lowest BCUT2D eigenvalue weighted by Crippen LogP contribution is -2.18. The van der Waals surface area contributed by atoms with Crippen molar-refractivity contribution in [2.75, 3.05) is 10.6 Å². The third-order valence-corrected chi connectivity index (χ3v) is 6.21. The Balaban J connectivity index is 1.58. The van der Waals surface area contributed by atoms with Gasteiger partial charge in [0.1, 0.15) is 6.07 Å². The molecule has 166 valence electrons. The standard InChI is InChI=1S/C28H21N3O2S/c1-19-9-8-11-21(17-19)30-27(32)22-12-3-5-14-24(22)31-28(33)23-13-4-7-16-26(23)34-25-15-6-2-10-20(25)18-29/h2-17H,1H3,(H,30,32)(H,31,33). The number of carbonyl (C=O) groups excluding carboxylic acids is 2. The number of anilines is 2. The molecule has 4 rings (SSSR count). The van der Waals surface area contributed by atoms with E-state index in [1.807, 2.05) is 55.5 Å². The molecule has 0 aliphatic heterocycles. The highest BCUT2D eigenvalue weighted by Gasteiger charge is 2.17. The van der Waals surface area contributed by atoms with E-state index in [-0.39, 0.29) is 11.8 Å². The van der Waals surface area contributed by atoms with Crippen LogP contribution in [0.5, 0.6) is 0 Å². The lowest BCUT2D eigenvalue weighted by molar-refractivity contribution is 0.102. The third kappa shape index (κ3) is 5.34. The van der Waals surface area contributed by atoms with Gasteiger partial charge in [0.15, 0.2) is 0 Å². The third-order valence-electron chi connectivity index (χ3n) is 5.05. The lowest BCUT2D eigenvalue weighted by atomic mass is 10.1. The van der Waals surface area contributed by atoms with E-state index < -0.39 is 0 Å². The van der Waals surface area contributed by atoms with Crippen LogP contribution in [-0.4, -0.2) is 11.8 Å². The minimum atomic E-state index is -0.339. The summed E-state index contributed by atoms with van der Waals surface area (Å²) >= 11 is 1.36. The number of nitrogens with zero attached hydrogens (tertiary/aromatic N) is 1. The molecule has 2 N–H and O–H groups in total. The molecule has 0 spiro atoms. The Labute approximate surface area is 202 Å². The first kappa shape index (κ1) is 22.8. The molecule has 0 aliphatic carbocycles. The molecule has 2 amide bonds. The van der Waals surface area contributed by atoms with Gasteiger partial charge in [0.05, 0.1) is 22.4 Å². The largest absolute Gasteiger partial charge is 0.322 e. The van der Waals surface area contributed by atoms with E-state index >= 15 is 0 Å². The van der Waals surface area contributed by atoms with Crippen LogP contribution in [-0.2, 0) is 0 Å². The number of aryl methyl sites for hydroxylation is 1. The summed E-state index contributed by atoms with van der Waals surface area (Å²) in [6.45, 7) is 1.95. The Morgan fingerprint density at radius 2 is 1.38 bits per heavy atom. The van der Waals surface area contributed by atoms with Gasteiger partial charge in [-0.25, -0.2) is 0 Å². The molecule has 0 heterocycles. The first-order valence-corrected chi connectivity index (χ1v) is 11.4. The summed E-state index contributed by atoms with van der Waals surface area (Å²) in [5.74, 6) is -0.652. The van der Waals surface area contributed by atoms with Crippen LogP contribution in [0.2, 0.25) is 0 Å². The second-order valence-corrected chi connectivity index (χ2v) is 8.61. The van der Waals surface area contributed by atoms with Crippen LogP contribution in [0.1, 0.15) is 31.8 Å². The van der Waals surface area contributed by atoms with E-state index in [0.717, 1.165) is 10.5 Å². The minimum Gasteiger partial charge on any atom is -0.322 e. The number of rotatable bonds is 6. The fourth-order valence-corrected chi connectivity index (χ4v) is 4.44.